The molecule has 3 N–H and O–H groups in total. The molecular formula is C16H24F2N2. The molecule has 1 aliphatic rings. The lowest BCUT2D eigenvalue weighted by molar-refractivity contribution is 0.174. The molecule has 1 aromatic rings. The largest absolute Gasteiger partial charge is 0.271 e. The van der Waals surface area contributed by atoms with Crippen LogP contribution in [0.5, 0.6) is 0 Å². The number of benzene rings is 1. The topological polar surface area (TPSA) is 38.0 Å². The van der Waals surface area contributed by atoms with Gasteiger partial charge in [0.05, 0.1) is 0 Å². The van der Waals surface area contributed by atoms with Gasteiger partial charge in [-0.2, -0.15) is 0 Å². The zero-order valence-corrected chi connectivity index (χ0v) is 12.2. The maximum absolute atomic E-state index is 13.8. The number of nitrogens with two attached hydrogens (primary N) is 1. The zero-order valence-electron chi connectivity index (χ0n) is 12.2. The Morgan fingerprint density at radius 3 is 2.20 bits per heavy atom. The van der Waals surface area contributed by atoms with E-state index in [-0.39, 0.29) is 11.6 Å². The van der Waals surface area contributed by atoms with Crippen molar-refractivity contribution in [2.45, 2.75) is 45.6 Å². The molecule has 0 heterocycles. The summed E-state index contributed by atoms with van der Waals surface area (Å²) in [5.41, 5.74) is 2.92. The molecule has 1 aromatic carbocycles. The molecular weight excluding hydrogens is 258 g/mol. The number of rotatable bonds is 4. The molecule has 0 bridgehead atoms. The standard InChI is InChI=1S/C16H24F2N2/c1-10-6-11(2)8-12(7-10)16(20-19)9-13-14(17)4-3-5-15(13)18/h3-5,10-12,16,20H,6-9,19H2,1-2H3. The smallest absolute Gasteiger partial charge is 0.129 e. The number of hydrogen-bond donors (Lipinski definition) is 2. The fourth-order valence-electron chi connectivity index (χ4n) is 3.65. The summed E-state index contributed by atoms with van der Waals surface area (Å²) >= 11 is 0. The monoisotopic (exact) mass is 282 g/mol. The van der Waals surface area contributed by atoms with E-state index in [0.717, 1.165) is 12.8 Å². The molecule has 3 unspecified atom stereocenters. The van der Waals surface area contributed by atoms with E-state index in [2.05, 4.69) is 19.3 Å². The minimum absolute atomic E-state index is 0.0772. The summed E-state index contributed by atoms with van der Waals surface area (Å²) in [7, 11) is 0. The Labute approximate surface area is 119 Å². The SMILES string of the molecule is CC1CC(C)CC(C(Cc2c(F)cccc2F)NN)C1. The lowest BCUT2D eigenvalue weighted by Crippen LogP contribution is -2.45. The van der Waals surface area contributed by atoms with Crippen molar-refractivity contribution in [1.82, 2.24) is 5.43 Å². The van der Waals surface area contributed by atoms with Crippen LogP contribution < -0.4 is 11.3 Å². The maximum Gasteiger partial charge on any atom is 0.129 e. The van der Waals surface area contributed by atoms with Gasteiger partial charge in [0, 0.05) is 11.6 Å². The van der Waals surface area contributed by atoms with Crippen molar-refractivity contribution in [3.63, 3.8) is 0 Å². The average molecular weight is 282 g/mol. The lowest BCUT2D eigenvalue weighted by atomic mass is 9.73. The summed E-state index contributed by atoms with van der Waals surface area (Å²) in [5.74, 6) is 6.34. The van der Waals surface area contributed by atoms with Gasteiger partial charge in [-0.15, -0.1) is 0 Å². The second kappa shape index (κ2) is 6.64. The van der Waals surface area contributed by atoms with E-state index in [0.29, 0.717) is 24.2 Å². The van der Waals surface area contributed by atoms with Gasteiger partial charge in [-0.25, -0.2) is 8.78 Å². The minimum atomic E-state index is -0.484. The van der Waals surface area contributed by atoms with E-state index >= 15 is 0 Å². The van der Waals surface area contributed by atoms with Crippen LogP contribution in [0, 0.1) is 29.4 Å². The van der Waals surface area contributed by atoms with Crippen LogP contribution in [0.15, 0.2) is 18.2 Å². The predicted molar refractivity (Wildman–Crippen MR) is 76.8 cm³/mol. The molecule has 0 saturated heterocycles. The molecule has 0 aliphatic heterocycles. The van der Waals surface area contributed by atoms with Crippen LogP contribution in [0.25, 0.3) is 0 Å². The van der Waals surface area contributed by atoms with Crippen molar-refractivity contribution >= 4 is 0 Å². The van der Waals surface area contributed by atoms with Gasteiger partial charge in [0.15, 0.2) is 0 Å². The van der Waals surface area contributed by atoms with Crippen LogP contribution in [-0.4, -0.2) is 6.04 Å². The highest BCUT2D eigenvalue weighted by atomic mass is 19.1. The van der Waals surface area contributed by atoms with Crippen LogP contribution in [0.4, 0.5) is 8.78 Å². The van der Waals surface area contributed by atoms with Gasteiger partial charge in [-0.1, -0.05) is 19.9 Å². The van der Waals surface area contributed by atoms with Crippen molar-refractivity contribution < 1.29 is 8.78 Å². The van der Waals surface area contributed by atoms with E-state index < -0.39 is 11.6 Å². The first-order valence-corrected chi connectivity index (χ1v) is 7.40. The number of hydrazine groups is 1. The van der Waals surface area contributed by atoms with Gasteiger partial charge in [-0.05, 0) is 55.6 Å². The molecule has 2 nitrogen and oxygen atoms in total. The third kappa shape index (κ3) is 3.55. The van der Waals surface area contributed by atoms with Crippen molar-refractivity contribution in [3.8, 4) is 0 Å². The summed E-state index contributed by atoms with van der Waals surface area (Å²) in [6.45, 7) is 4.47. The molecule has 112 valence electrons. The fourth-order valence-corrected chi connectivity index (χ4v) is 3.65. The molecule has 0 radical (unpaired) electrons. The number of nitrogens with one attached hydrogen (secondary N) is 1. The molecule has 0 amide bonds. The Balaban J connectivity index is 2.12. The highest BCUT2D eigenvalue weighted by Crippen LogP contribution is 2.35. The molecule has 0 aromatic heterocycles. The first-order chi connectivity index (χ1) is 9.51. The molecule has 1 saturated carbocycles. The normalized spacial score (nSPS) is 28.4. The molecule has 20 heavy (non-hydrogen) atoms. The number of hydrogen-bond acceptors (Lipinski definition) is 2. The Kier molecular flexibility index (Phi) is 5.11. The summed E-state index contributed by atoms with van der Waals surface area (Å²) in [6.07, 6.45) is 3.66. The summed E-state index contributed by atoms with van der Waals surface area (Å²) in [6, 6.07) is 3.92. The number of halogens is 2. The van der Waals surface area contributed by atoms with Gasteiger partial charge < -0.3 is 0 Å². The van der Waals surface area contributed by atoms with E-state index in [1.807, 2.05) is 0 Å². The molecule has 0 spiro atoms. The molecule has 4 heteroatoms. The third-order valence-corrected chi connectivity index (χ3v) is 4.48. The maximum atomic E-state index is 13.8. The van der Waals surface area contributed by atoms with E-state index in [9.17, 15) is 8.78 Å². The Morgan fingerprint density at radius 1 is 1.15 bits per heavy atom. The minimum Gasteiger partial charge on any atom is -0.271 e. The van der Waals surface area contributed by atoms with Crippen LogP contribution in [0.3, 0.4) is 0 Å². The summed E-state index contributed by atoms with van der Waals surface area (Å²) in [5, 5.41) is 0. The van der Waals surface area contributed by atoms with Gasteiger partial charge in [0.25, 0.3) is 0 Å². The molecule has 1 aliphatic carbocycles. The van der Waals surface area contributed by atoms with Crippen molar-refractivity contribution in [2.75, 3.05) is 0 Å². The predicted octanol–water partition coefficient (Wildman–Crippen LogP) is 3.41. The third-order valence-electron chi connectivity index (χ3n) is 4.48. The van der Waals surface area contributed by atoms with Crippen LogP contribution in [0.1, 0.15) is 38.7 Å². The average Bonchev–Trinajstić information content (AvgIpc) is 2.37. The quantitative estimate of drug-likeness (QED) is 0.656. The van der Waals surface area contributed by atoms with Gasteiger partial charge in [0.2, 0.25) is 0 Å². The van der Waals surface area contributed by atoms with E-state index in [1.165, 1.54) is 24.6 Å². The van der Waals surface area contributed by atoms with Crippen LogP contribution >= 0.6 is 0 Å². The van der Waals surface area contributed by atoms with Gasteiger partial charge in [-0.3, -0.25) is 11.3 Å². The van der Waals surface area contributed by atoms with Crippen molar-refractivity contribution in [2.24, 2.45) is 23.6 Å². The summed E-state index contributed by atoms with van der Waals surface area (Å²) < 4.78 is 27.5. The Bertz CT molecular complexity index is 420. The highest BCUT2D eigenvalue weighted by Gasteiger charge is 2.30. The Morgan fingerprint density at radius 2 is 1.70 bits per heavy atom. The van der Waals surface area contributed by atoms with Gasteiger partial charge >= 0.3 is 0 Å². The van der Waals surface area contributed by atoms with Crippen molar-refractivity contribution in [3.05, 3.63) is 35.4 Å². The van der Waals surface area contributed by atoms with Crippen molar-refractivity contribution in [1.29, 1.82) is 0 Å². The second-order valence-corrected chi connectivity index (χ2v) is 6.36. The van der Waals surface area contributed by atoms with E-state index in [1.54, 1.807) is 0 Å². The lowest BCUT2D eigenvalue weighted by Gasteiger charge is -2.36. The zero-order chi connectivity index (χ0) is 14.7. The highest BCUT2D eigenvalue weighted by molar-refractivity contribution is 5.21. The molecule has 1 fully saturated rings. The van der Waals surface area contributed by atoms with Crippen LogP contribution in [-0.2, 0) is 6.42 Å². The fraction of sp³-hybridized carbons (Fsp3) is 0.625. The first kappa shape index (κ1) is 15.4. The summed E-state index contributed by atoms with van der Waals surface area (Å²) in [4.78, 5) is 0. The Hall–Kier alpha value is -1.00. The van der Waals surface area contributed by atoms with Gasteiger partial charge in [0.1, 0.15) is 11.6 Å². The first-order valence-electron chi connectivity index (χ1n) is 7.40. The molecule has 2 rings (SSSR count). The van der Waals surface area contributed by atoms with Crippen LogP contribution in [0.2, 0.25) is 0 Å². The second-order valence-electron chi connectivity index (χ2n) is 6.36. The molecule has 3 atom stereocenters. The van der Waals surface area contributed by atoms with E-state index in [4.69, 9.17) is 5.84 Å².